The van der Waals surface area contributed by atoms with Crippen LogP contribution in [0.15, 0.2) is 42.6 Å². The fraction of sp³-hybridized carbons (Fsp3) is 0. The first-order chi connectivity index (χ1) is 7.43. The zero-order valence-electron chi connectivity index (χ0n) is 8.51. The summed E-state index contributed by atoms with van der Waals surface area (Å²) in [5.41, 5.74) is 2.71. The molecule has 0 amide bonds. The first kappa shape index (κ1) is 11.4. The molecule has 0 saturated carbocycles. The van der Waals surface area contributed by atoms with Gasteiger partial charge in [-0.2, -0.15) is 0 Å². The molecule has 2 aromatic heterocycles. The van der Waals surface area contributed by atoms with Crippen molar-refractivity contribution in [3.8, 4) is 11.4 Å². The van der Waals surface area contributed by atoms with Gasteiger partial charge in [0.25, 0.3) is 0 Å². The summed E-state index contributed by atoms with van der Waals surface area (Å²) in [5, 5.41) is 0. The first-order valence-corrected chi connectivity index (χ1v) is 4.71. The summed E-state index contributed by atoms with van der Waals surface area (Å²) in [6, 6.07) is 14.8. The Morgan fingerprint density at radius 2 is 1.94 bits per heavy atom. The van der Waals surface area contributed by atoms with Gasteiger partial charge in [0.2, 0.25) is 0 Å². The van der Waals surface area contributed by atoms with Gasteiger partial charge in [-0.15, -0.1) is 0 Å². The molecule has 1 aromatic carbocycles. The third-order valence-corrected chi connectivity index (χ3v) is 2.25. The summed E-state index contributed by atoms with van der Waals surface area (Å²) in [6.45, 7) is 0. The van der Waals surface area contributed by atoms with Crippen LogP contribution in [0.25, 0.3) is 22.6 Å². The monoisotopic (exact) mass is 283 g/mol. The smallest absolute Gasteiger partial charge is 0.122 e. The van der Waals surface area contributed by atoms with Crippen molar-refractivity contribution >= 4 is 11.2 Å². The van der Waals surface area contributed by atoms with Crippen LogP contribution in [0.5, 0.6) is 0 Å². The Hall–Kier alpha value is -1.06. The van der Waals surface area contributed by atoms with Gasteiger partial charge in [-0.3, -0.25) is 4.98 Å². The third kappa shape index (κ3) is 2.06. The van der Waals surface area contributed by atoms with E-state index in [1.165, 1.54) is 0 Å². The minimum absolute atomic E-state index is 0. The molecule has 3 aromatic rings. The minimum Gasteiger partial charge on any atom is -0.414 e. The zero-order chi connectivity index (χ0) is 10.1. The maximum absolute atomic E-state index is 4.40. The number of H-pyrrole nitrogens is 1. The molecular formula is C12H8N3Y-. The van der Waals surface area contributed by atoms with E-state index in [2.05, 4.69) is 21.0 Å². The van der Waals surface area contributed by atoms with Crippen LogP contribution in [0.3, 0.4) is 0 Å². The van der Waals surface area contributed by atoms with Crippen LogP contribution in [0.1, 0.15) is 0 Å². The van der Waals surface area contributed by atoms with Crippen molar-refractivity contribution in [3.05, 3.63) is 48.7 Å². The Morgan fingerprint density at radius 1 is 1.12 bits per heavy atom. The molecule has 1 radical (unpaired) electrons. The second-order valence-corrected chi connectivity index (χ2v) is 3.26. The van der Waals surface area contributed by atoms with Crippen molar-refractivity contribution in [3.63, 3.8) is 0 Å². The predicted octanol–water partition coefficient (Wildman–Crippen LogP) is 2.42. The summed E-state index contributed by atoms with van der Waals surface area (Å²) < 4.78 is 0. The van der Waals surface area contributed by atoms with E-state index in [0.717, 1.165) is 22.6 Å². The molecule has 4 heteroatoms. The average molecular weight is 283 g/mol. The van der Waals surface area contributed by atoms with Crippen LogP contribution in [0.2, 0.25) is 0 Å². The van der Waals surface area contributed by atoms with Crippen molar-refractivity contribution in [2.24, 2.45) is 0 Å². The van der Waals surface area contributed by atoms with Crippen LogP contribution in [-0.2, 0) is 32.7 Å². The van der Waals surface area contributed by atoms with Crippen LogP contribution in [0.4, 0.5) is 0 Å². The molecule has 2 heterocycles. The molecule has 0 atom stereocenters. The van der Waals surface area contributed by atoms with E-state index in [0.29, 0.717) is 0 Å². The fourth-order valence-electron chi connectivity index (χ4n) is 1.53. The maximum Gasteiger partial charge on any atom is 0.122 e. The van der Waals surface area contributed by atoms with Gasteiger partial charge < -0.3 is 4.98 Å². The standard InChI is InChI=1S/C12H8N3.Y/c1-2-5-9(6-3-1)11-14-10-7-4-8-13-12(10)15-11;/h1-3,5-8H,(H,13,14,15);/q-1;. The van der Waals surface area contributed by atoms with Gasteiger partial charge in [-0.25, -0.2) is 17.1 Å². The number of benzene rings is 1. The van der Waals surface area contributed by atoms with Crippen molar-refractivity contribution in [2.75, 3.05) is 0 Å². The summed E-state index contributed by atoms with van der Waals surface area (Å²) in [4.78, 5) is 11.7. The van der Waals surface area contributed by atoms with Crippen molar-refractivity contribution in [1.29, 1.82) is 0 Å². The second kappa shape index (κ2) is 4.85. The van der Waals surface area contributed by atoms with E-state index >= 15 is 0 Å². The van der Waals surface area contributed by atoms with Gasteiger partial charge in [-0.1, -0.05) is 42.0 Å². The molecular weight excluding hydrogens is 275 g/mol. The van der Waals surface area contributed by atoms with Gasteiger partial charge >= 0.3 is 0 Å². The number of hydrogen-bond acceptors (Lipinski definition) is 2. The van der Waals surface area contributed by atoms with Crippen molar-refractivity contribution in [1.82, 2.24) is 15.0 Å². The summed E-state index contributed by atoms with van der Waals surface area (Å²) in [6.07, 6.45) is 1.62. The molecule has 0 spiro atoms. The number of rotatable bonds is 1. The fourth-order valence-corrected chi connectivity index (χ4v) is 1.53. The van der Waals surface area contributed by atoms with Crippen LogP contribution < -0.4 is 0 Å². The number of pyridine rings is 1. The van der Waals surface area contributed by atoms with E-state index in [9.17, 15) is 0 Å². The van der Waals surface area contributed by atoms with Gasteiger partial charge in [0.1, 0.15) is 5.82 Å². The number of imidazole rings is 1. The van der Waals surface area contributed by atoms with Crippen LogP contribution >= 0.6 is 0 Å². The Morgan fingerprint density at radius 3 is 2.69 bits per heavy atom. The van der Waals surface area contributed by atoms with Crippen molar-refractivity contribution < 1.29 is 32.7 Å². The largest absolute Gasteiger partial charge is 0.414 e. The number of hydrogen-bond donors (Lipinski definition) is 1. The van der Waals surface area contributed by atoms with Gasteiger partial charge in [0, 0.05) is 38.3 Å². The number of nitrogens with zero attached hydrogens (tertiary/aromatic N) is 2. The molecule has 75 valence electrons. The minimum atomic E-state index is 0. The Bertz CT molecular complexity index is 556. The van der Waals surface area contributed by atoms with E-state index in [1.54, 1.807) is 6.20 Å². The molecule has 0 bridgehead atoms. The first-order valence-electron chi connectivity index (χ1n) is 4.71. The average Bonchev–Trinajstić information content (AvgIpc) is 2.74. The van der Waals surface area contributed by atoms with Crippen molar-refractivity contribution in [2.45, 2.75) is 0 Å². The van der Waals surface area contributed by atoms with Crippen LogP contribution in [-0.4, -0.2) is 15.0 Å². The summed E-state index contributed by atoms with van der Waals surface area (Å²) in [7, 11) is 0. The molecule has 0 aliphatic heterocycles. The normalized spacial score (nSPS) is 10.0. The second-order valence-electron chi connectivity index (χ2n) is 3.26. The van der Waals surface area contributed by atoms with E-state index in [-0.39, 0.29) is 32.7 Å². The van der Waals surface area contributed by atoms with E-state index in [4.69, 9.17) is 0 Å². The topological polar surface area (TPSA) is 41.6 Å². The van der Waals surface area contributed by atoms with E-state index in [1.807, 2.05) is 36.4 Å². The summed E-state index contributed by atoms with van der Waals surface area (Å²) in [5.74, 6) is 0.845. The summed E-state index contributed by atoms with van der Waals surface area (Å²) >= 11 is 0. The molecule has 16 heavy (non-hydrogen) atoms. The molecule has 0 aliphatic carbocycles. The maximum atomic E-state index is 4.40. The quantitative estimate of drug-likeness (QED) is 0.697. The predicted molar refractivity (Wildman–Crippen MR) is 58.2 cm³/mol. The molecule has 1 N–H and O–H groups in total. The van der Waals surface area contributed by atoms with Gasteiger partial charge in [0.15, 0.2) is 0 Å². The molecule has 0 aliphatic rings. The Kier molecular flexibility index (Phi) is 3.47. The van der Waals surface area contributed by atoms with Crippen LogP contribution in [0, 0.1) is 6.07 Å². The molecule has 0 unspecified atom stereocenters. The third-order valence-electron chi connectivity index (χ3n) is 2.25. The Balaban J connectivity index is 0.000000963. The molecule has 3 rings (SSSR count). The molecule has 0 saturated heterocycles. The van der Waals surface area contributed by atoms with Gasteiger partial charge in [0.05, 0.1) is 5.65 Å². The number of aromatic nitrogens is 3. The number of nitrogens with one attached hydrogen (secondary N) is 1. The SMILES string of the molecule is [Y].[c-]1cnc2nc(-c3ccccc3)[nH]c2c1. The number of fused-ring (bicyclic) bond motifs is 1. The molecule has 3 nitrogen and oxygen atoms in total. The number of aromatic amines is 1. The van der Waals surface area contributed by atoms with Gasteiger partial charge in [-0.05, 0) is 0 Å². The molecule has 0 fully saturated rings. The Labute approximate surface area is 118 Å². The zero-order valence-corrected chi connectivity index (χ0v) is 11.4. The van der Waals surface area contributed by atoms with E-state index < -0.39 is 0 Å².